The summed E-state index contributed by atoms with van der Waals surface area (Å²) >= 11 is 0. The second-order valence-corrected chi connectivity index (χ2v) is 10.0. The van der Waals surface area contributed by atoms with Crippen LogP contribution in [0.2, 0.25) is 0 Å². The van der Waals surface area contributed by atoms with E-state index in [4.69, 9.17) is 43.4 Å². The molecule has 0 saturated heterocycles. The lowest BCUT2D eigenvalue weighted by atomic mass is 10.4. The Bertz CT molecular complexity index is 428. The van der Waals surface area contributed by atoms with Crippen molar-refractivity contribution in [1.82, 2.24) is 0 Å². The Morgan fingerprint density at radius 3 is 0.750 bits per heavy atom. The minimum Gasteiger partial charge on any atom is -0.480 e. The summed E-state index contributed by atoms with van der Waals surface area (Å²) in [4.78, 5) is 41.1. The van der Waals surface area contributed by atoms with E-state index in [0.29, 0.717) is 0 Å². The van der Waals surface area contributed by atoms with Crippen LogP contribution in [0.4, 0.5) is 0 Å². The number of aliphatic carboxylic acids is 4. The lowest BCUT2D eigenvalue weighted by Gasteiger charge is -2.07. The molecule has 0 aromatic carbocycles. The Morgan fingerprint density at radius 1 is 0.500 bits per heavy atom. The molecule has 0 aromatic rings. The lowest BCUT2D eigenvalue weighted by Crippen LogP contribution is -2.33. The quantitative estimate of drug-likeness (QED) is 0.103. The highest BCUT2D eigenvalue weighted by atomic mass is 33.1. The second kappa shape index (κ2) is 17.0. The van der Waals surface area contributed by atoms with Crippen molar-refractivity contribution in [2.24, 2.45) is 22.9 Å². The third kappa shape index (κ3) is 17.2. The molecule has 0 radical (unpaired) electrons. The van der Waals surface area contributed by atoms with Crippen LogP contribution >= 0.6 is 43.2 Å². The van der Waals surface area contributed by atoms with Crippen LogP contribution in [0.15, 0.2) is 0 Å². The predicted octanol–water partition coefficient (Wildman–Crippen LogP) is -1.62. The Labute approximate surface area is 176 Å². The molecule has 0 amide bonds. The molecule has 4 atom stereocenters. The van der Waals surface area contributed by atoms with E-state index in [1.54, 1.807) is 0 Å². The van der Waals surface area contributed by atoms with Gasteiger partial charge >= 0.3 is 23.9 Å². The molecule has 28 heavy (non-hydrogen) atoms. The molecule has 0 bridgehead atoms. The first-order valence-corrected chi connectivity index (χ1v) is 12.3. The molecule has 0 saturated carbocycles. The summed E-state index contributed by atoms with van der Waals surface area (Å²) in [6, 6.07) is -3.69. The van der Waals surface area contributed by atoms with Gasteiger partial charge in [-0.2, -0.15) is 0 Å². The minimum atomic E-state index is -1.07. The molecule has 0 aliphatic rings. The Balaban J connectivity index is 0. The summed E-state index contributed by atoms with van der Waals surface area (Å²) in [6.07, 6.45) is 0. The van der Waals surface area contributed by atoms with Gasteiger partial charge in [0.15, 0.2) is 0 Å². The highest BCUT2D eigenvalue weighted by molar-refractivity contribution is 8.77. The van der Waals surface area contributed by atoms with Crippen molar-refractivity contribution in [2.45, 2.75) is 24.2 Å². The number of hydrogen-bond acceptors (Lipinski definition) is 12. The first-order chi connectivity index (χ1) is 12.9. The molecule has 0 spiro atoms. The molecular formula is C12H24N4O8S4. The Kier molecular flexibility index (Phi) is 17.8. The molecule has 16 heteroatoms. The summed E-state index contributed by atoms with van der Waals surface area (Å²) in [5.41, 5.74) is 20.8. The Morgan fingerprint density at radius 2 is 0.643 bits per heavy atom. The molecule has 12 N–H and O–H groups in total. The van der Waals surface area contributed by atoms with Gasteiger partial charge in [-0.1, -0.05) is 43.2 Å². The summed E-state index contributed by atoms with van der Waals surface area (Å²) in [5.74, 6) is -3.36. The van der Waals surface area contributed by atoms with Gasteiger partial charge in [0.1, 0.15) is 24.2 Å². The maximum Gasteiger partial charge on any atom is 0.321 e. The van der Waals surface area contributed by atoms with Crippen molar-refractivity contribution >= 4 is 67.1 Å². The van der Waals surface area contributed by atoms with Gasteiger partial charge in [-0.05, 0) is 0 Å². The van der Waals surface area contributed by atoms with Crippen LogP contribution in [0.1, 0.15) is 0 Å². The van der Waals surface area contributed by atoms with Crippen LogP contribution in [0.25, 0.3) is 0 Å². The Hall–Kier alpha value is -0.880. The highest BCUT2D eigenvalue weighted by Gasteiger charge is 2.15. The monoisotopic (exact) mass is 480 g/mol. The molecule has 4 unspecified atom stereocenters. The van der Waals surface area contributed by atoms with E-state index in [0.717, 1.165) is 0 Å². The van der Waals surface area contributed by atoms with Crippen LogP contribution in [0.5, 0.6) is 0 Å². The summed E-state index contributed by atoms with van der Waals surface area (Å²) < 4.78 is 0. The highest BCUT2D eigenvalue weighted by Crippen LogP contribution is 2.22. The minimum absolute atomic E-state index is 0.229. The molecule has 0 aromatic heterocycles. The molecule has 0 aliphatic carbocycles. The number of rotatable bonds is 14. The maximum absolute atomic E-state index is 10.3. The van der Waals surface area contributed by atoms with Crippen molar-refractivity contribution in [3.8, 4) is 0 Å². The van der Waals surface area contributed by atoms with Crippen LogP contribution < -0.4 is 22.9 Å². The average Bonchev–Trinajstić information content (AvgIpc) is 2.61. The van der Waals surface area contributed by atoms with Crippen molar-refractivity contribution < 1.29 is 39.6 Å². The van der Waals surface area contributed by atoms with Crippen molar-refractivity contribution in [3.63, 3.8) is 0 Å². The number of nitrogens with two attached hydrogens (primary N) is 4. The van der Waals surface area contributed by atoms with Gasteiger partial charge in [-0.15, -0.1) is 0 Å². The zero-order valence-electron chi connectivity index (χ0n) is 14.5. The topological polar surface area (TPSA) is 253 Å². The molecule has 0 heterocycles. The zero-order valence-corrected chi connectivity index (χ0v) is 17.8. The average molecular weight is 481 g/mol. The molecule has 12 nitrogen and oxygen atoms in total. The number of carbonyl (C=O) groups is 4. The normalized spacial score (nSPS) is 14.7. The van der Waals surface area contributed by atoms with Crippen LogP contribution in [-0.2, 0) is 19.2 Å². The van der Waals surface area contributed by atoms with E-state index >= 15 is 0 Å². The predicted molar refractivity (Wildman–Crippen MR) is 112 cm³/mol. The molecular weight excluding hydrogens is 456 g/mol. The first-order valence-electron chi connectivity index (χ1n) is 7.32. The van der Waals surface area contributed by atoms with E-state index in [1.165, 1.54) is 43.2 Å². The molecule has 164 valence electrons. The van der Waals surface area contributed by atoms with E-state index < -0.39 is 48.0 Å². The van der Waals surface area contributed by atoms with Gasteiger partial charge in [0, 0.05) is 23.0 Å². The largest absolute Gasteiger partial charge is 0.480 e. The number of carboxylic acids is 4. The van der Waals surface area contributed by atoms with Crippen molar-refractivity contribution in [3.05, 3.63) is 0 Å². The SMILES string of the molecule is NC(CSSCC(N)C(=O)O)C(=O)O.NC(CSSCC(N)C(=O)O)C(=O)O. The van der Waals surface area contributed by atoms with E-state index in [9.17, 15) is 19.2 Å². The standard InChI is InChI=1S/2C6H12N2O4S2/c2*7-3(5(9)10)1-13-14-2-4(8)6(11)12/h2*3-4H,1-2,7-8H2,(H,9,10)(H,11,12). The van der Waals surface area contributed by atoms with Crippen molar-refractivity contribution in [1.29, 1.82) is 0 Å². The fraction of sp³-hybridized carbons (Fsp3) is 0.667. The fourth-order valence-electron chi connectivity index (χ4n) is 0.771. The smallest absolute Gasteiger partial charge is 0.321 e. The fourth-order valence-corrected chi connectivity index (χ4v) is 5.23. The zero-order chi connectivity index (χ0) is 22.3. The summed E-state index contributed by atoms with van der Waals surface area (Å²) in [6.45, 7) is 0. The van der Waals surface area contributed by atoms with E-state index in [1.807, 2.05) is 0 Å². The first kappa shape index (κ1) is 29.3. The number of carboxylic acid groups (broad SMARTS) is 4. The van der Waals surface area contributed by atoms with E-state index in [2.05, 4.69) is 0 Å². The van der Waals surface area contributed by atoms with Crippen LogP contribution in [0, 0.1) is 0 Å². The number of hydrogen-bond donors (Lipinski definition) is 8. The lowest BCUT2D eigenvalue weighted by molar-refractivity contribution is -0.138. The van der Waals surface area contributed by atoms with Gasteiger partial charge < -0.3 is 43.4 Å². The van der Waals surface area contributed by atoms with Gasteiger partial charge in [-0.3, -0.25) is 19.2 Å². The summed E-state index contributed by atoms with van der Waals surface area (Å²) in [5, 5.41) is 33.6. The maximum atomic E-state index is 10.3. The third-order valence-corrected chi connectivity index (χ3v) is 7.37. The van der Waals surface area contributed by atoms with Crippen molar-refractivity contribution in [2.75, 3.05) is 23.0 Å². The molecule has 0 aliphatic heterocycles. The third-order valence-electron chi connectivity index (χ3n) is 2.43. The second-order valence-electron chi connectivity index (χ2n) is 4.92. The van der Waals surface area contributed by atoms with Gasteiger partial charge in [0.25, 0.3) is 0 Å². The van der Waals surface area contributed by atoms with Gasteiger partial charge in [0.2, 0.25) is 0 Å². The van der Waals surface area contributed by atoms with Crippen LogP contribution in [0.3, 0.4) is 0 Å². The van der Waals surface area contributed by atoms with Gasteiger partial charge in [-0.25, -0.2) is 0 Å². The molecule has 0 fully saturated rings. The van der Waals surface area contributed by atoms with E-state index in [-0.39, 0.29) is 23.0 Å². The summed E-state index contributed by atoms with van der Waals surface area (Å²) in [7, 11) is 4.81. The molecule has 0 rings (SSSR count). The van der Waals surface area contributed by atoms with Crippen LogP contribution in [-0.4, -0.2) is 91.5 Å². The van der Waals surface area contributed by atoms with Gasteiger partial charge in [0.05, 0.1) is 0 Å².